The topological polar surface area (TPSA) is 167 Å². The summed E-state index contributed by atoms with van der Waals surface area (Å²) < 4.78 is 1.87. The molecule has 1 unspecified atom stereocenters. The second kappa shape index (κ2) is 17.1. The fourth-order valence-electron chi connectivity index (χ4n) is 7.88. The number of carbonyl (C=O) groups excluding carboxylic acids is 5. The number of piperidine rings is 1. The number of unbranched alkanes of at least 4 members (excludes halogenated alkanes) is 6. The van der Waals surface area contributed by atoms with E-state index in [1.165, 1.54) is 0 Å². The molecule has 2 aromatic heterocycles. The number of imide groups is 2. The van der Waals surface area contributed by atoms with Gasteiger partial charge in [-0.15, -0.1) is 0 Å². The second-order valence-corrected chi connectivity index (χ2v) is 14.4. The molecule has 3 aromatic rings. The van der Waals surface area contributed by atoms with Gasteiger partial charge in [-0.2, -0.15) is 9.61 Å². The number of hydrogen-bond acceptors (Lipinski definition) is 9. The highest BCUT2D eigenvalue weighted by atomic mass is 16.2. The predicted molar refractivity (Wildman–Crippen MR) is 198 cm³/mol. The molecular formula is C39H52N8O5. The molecule has 13 nitrogen and oxygen atoms in total. The number of nitrogens with one attached hydrogen (secondary N) is 4. The maximum Gasteiger partial charge on any atom is 0.264 e. The summed E-state index contributed by atoms with van der Waals surface area (Å²) in [4.78, 5) is 68.8. The molecule has 2 aliphatic heterocycles. The van der Waals surface area contributed by atoms with Gasteiger partial charge in [0.2, 0.25) is 17.7 Å². The largest absolute Gasteiger partial charge is 0.384 e. The first-order chi connectivity index (χ1) is 25.3. The Hall–Kier alpha value is -4.81. The lowest BCUT2D eigenvalue weighted by molar-refractivity contribution is -0.136. The van der Waals surface area contributed by atoms with Crippen molar-refractivity contribution in [1.82, 2.24) is 30.1 Å². The van der Waals surface area contributed by atoms with Crippen molar-refractivity contribution < 1.29 is 24.0 Å². The zero-order valence-electron chi connectivity index (χ0n) is 30.4. The van der Waals surface area contributed by atoms with Crippen molar-refractivity contribution in [3.63, 3.8) is 0 Å². The lowest BCUT2D eigenvalue weighted by atomic mass is 9.99. The van der Waals surface area contributed by atoms with Crippen LogP contribution in [0.3, 0.4) is 0 Å². The monoisotopic (exact) mass is 712 g/mol. The van der Waals surface area contributed by atoms with Crippen molar-refractivity contribution in [2.75, 3.05) is 17.2 Å². The summed E-state index contributed by atoms with van der Waals surface area (Å²) in [5.74, 6) is -0.473. The Balaban J connectivity index is 0.837. The van der Waals surface area contributed by atoms with Crippen LogP contribution in [0.25, 0.3) is 5.65 Å². The third-order valence-corrected chi connectivity index (χ3v) is 10.8. The normalized spacial score (nSPS) is 20.1. The Labute approximate surface area is 305 Å². The zero-order chi connectivity index (χ0) is 36.6. The first-order valence-corrected chi connectivity index (χ1v) is 19.3. The van der Waals surface area contributed by atoms with E-state index in [9.17, 15) is 24.0 Å². The summed E-state index contributed by atoms with van der Waals surface area (Å²) in [6.07, 6.45) is 14.6. The van der Waals surface area contributed by atoms with Gasteiger partial charge in [0.25, 0.3) is 11.8 Å². The predicted octanol–water partition coefficient (Wildman–Crippen LogP) is 5.72. The van der Waals surface area contributed by atoms with Crippen LogP contribution in [0.5, 0.6) is 0 Å². The SMILES string of the molecule is CCC(CC)c1cc(N[C@@H]2CC[C@@H](NC(=O)CCCCCCCCCNc3cccc4c3C(=O)N(C3CCC(=O)NC3=O)C4=O)C2)n2nccc2n1. The van der Waals surface area contributed by atoms with Crippen LogP contribution in [-0.4, -0.2) is 73.7 Å². The number of aromatic nitrogens is 3. The lowest BCUT2D eigenvalue weighted by Crippen LogP contribution is -2.54. The molecule has 5 amide bonds. The second-order valence-electron chi connectivity index (χ2n) is 14.4. The molecule has 4 heterocycles. The number of fused-ring (bicyclic) bond motifs is 2. The Morgan fingerprint density at radius 1 is 0.923 bits per heavy atom. The first kappa shape index (κ1) is 37.0. The number of nitrogens with zero attached hydrogens (tertiary/aromatic N) is 4. The molecule has 3 atom stereocenters. The average Bonchev–Trinajstić information content (AvgIpc) is 3.85. The van der Waals surface area contributed by atoms with Gasteiger partial charge < -0.3 is 16.0 Å². The maximum atomic E-state index is 13.3. The molecule has 278 valence electrons. The smallest absolute Gasteiger partial charge is 0.264 e. The highest BCUT2D eigenvalue weighted by molar-refractivity contribution is 6.25. The molecule has 3 aliphatic rings. The van der Waals surface area contributed by atoms with E-state index in [1.807, 2.05) is 10.6 Å². The van der Waals surface area contributed by atoms with Gasteiger partial charge in [0.1, 0.15) is 11.9 Å². The molecule has 1 saturated carbocycles. The minimum Gasteiger partial charge on any atom is -0.384 e. The summed E-state index contributed by atoms with van der Waals surface area (Å²) in [7, 11) is 0. The van der Waals surface area contributed by atoms with Crippen molar-refractivity contribution in [1.29, 1.82) is 0 Å². The van der Waals surface area contributed by atoms with E-state index in [4.69, 9.17) is 4.98 Å². The van der Waals surface area contributed by atoms with Crippen LogP contribution in [0, 0.1) is 0 Å². The van der Waals surface area contributed by atoms with Crippen LogP contribution >= 0.6 is 0 Å². The van der Waals surface area contributed by atoms with Crippen LogP contribution in [0.2, 0.25) is 0 Å². The molecule has 1 aliphatic carbocycles. The van der Waals surface area contributed by atoms with E-state index < -0.39 is 29.7 Å². The zero-order valence-corrected chi connectivity index (χ0v) is 30.4. The van der Waals surface area contributed by atoms with E-state index in [1.54, 1.807) is 24.4 Å². The molecular weight excluding hydrogens is 660 g/mol. The van der Waals surface area contributed by atoms with Crippen molar-refractivity contribution in [2.45, 2.75) is 134 Å². The van der Waals surface area contributed by atoms with E-state index >= 15 is 0 Å². The highest BCUT2D eigenvalue weighted by Gasteiger charge is 2.45. The van der Waals surface area contributed by atoms with Crippen LogP contribution in [-0.2, 0) is 14.4 Å². The number of rotatable bonds is 18. The fraction of sp³-hybridized carbons (Fsp3) is 0.564. The fourth-order valence-corrected chi connectivity index (χ4v) is 7.88. The number of amides is 5. The number of benzene rings is 1. The van der Waals surface area contributed by atoms with Gasteiger partial charge in [-0.3, -0.25) is 34.2 Å². The molecule has 0 spiro atoms. The maximum absolute atomic E-state index is 13.3. The number of carbonyl (C=O) groups is 5. The summed E-state index contributed by atoms with van der Waals surface area (Å²) in [6, 6.07) is 8.69. The number of anilines is 2. The summed E-state index contributed by atoms with van der Waals surface area (Å²) >= 11 is 0. The quantitative estimate of drug-likeness (QED) is 0.0954. The Kier molecular flexibility index (Phi) is 12.2. The molecule has 1 aromatic carbocycles. The molecule has 0 radical (unpaired) electrons. The third-order valence-electron chi connectivity index (χ3n) is 10.8. The summed E-state index contributed by atoms with van der Waals surface area (Å²) in [6.45, 7) is 5.06. The van der Waals surface area contributed by atoms with E-state index in [0.717, 1.165) is 99.1 Å². The van der Waals surface area contributed by atoms with Crippen LogP contribution in [0.1, 0.15) is 142 Å². The molecule has 6 rings (SSSR count). The van der Waals surface area contributed by atoms with E-state index in [0.29, 0.717) is 24.6 Å². The minimum atomic E-state index is -0.975. The van der Waals surface area contributed by atoms with Crippen LogP contribution < -0.4 is 21.3 Å². The minimum absolute atomic E-state index is 0.0913. The molecule has 4 N–H and O–H groups in total. The summed E-state index contributed by atoms with van der Waals surface area (Å²) in [5, 5.41) is 17.0. The average molecular weight is 713 g/mol. The van der Waals surface area contributed by atoms with Gasteiger partial charge >= 0.3 is 0 Å². The van der Waals surface area contributed by atoms with Gasteiger partial charge in [-0.05, 0) is 63.5 Å². The highest BCUT2D eigenvalue weighted by Crippen LogP contribution is 2.33. The standard InChI is InChI=1S/C39H52N8O5/c1-3-25(4-2)30-24-33(47-32(44-30)20-22-41-47)42-26-16-17-27(23-26)43-34(48)15-10-8-6-5-7-9-11-21-40-29-14-12-13-28-36(29)39(52)46(38(28)51)31-18-19-35(49)45-37(31)50/h12-14,20,22,24-27,31,40,42H,3-11,15-19,21,23H2,1-2H3,(H,43,48)(H,45,49,50)/t26-,27-,31?/m1/s1. The lowest BCUT2D eigenvalue weighted by Gasteiger charge is -2.27. The van der Waals surface area contributed by atoms with Gasteiger partial charge in [0.15, 0.2) is 5.65 Å². The third kappa shape index (κ3) is 8.45. The van der Waals surface area contributed by atoms with Gasteiger partial charge in [0.05, 0.1) is 17.3 Å². The van der Waals surface area contributed by atoms with Crippen molar-refractivity contribution in [2.24, 2.45) is 0 Å². The van der Waals surface area contributed by atoms with E-state index in [2.05, 4.69) is 46.3 Å². The van der Waals surface area contributed by atoms with Gasteiger partial charge in [-0.25, -0.2) is 4.98 Å². The molecule has 2 fully saturated rings. The van der Waals surface area contributed by atoms with E-state index in [-0.39, 0.29) is 42.0 Å². The summed E-state index contributed by atoms with van der Waals surface area (Å²) in [5.41, 5.74) is 3.12. The van der Waals surface area contributed by atoms with Gasteiger partial charge in [0, 0.05) is 60.9 Å². The van der Waals surface area contributed by atoms with Gasteiger partial charge in [-0.1, -0.05) is 52.0 Å². The Bertz CT molecular complexity index is 1790. The molecule has 0 bridgehead atoms. The first-order valence-electron chi connectivity index (χ1n) is 19.3. The molecule has 52 heavy (non-hydrogen) atoms. The van der Waals surface area contributed by atoms with Crippen molar-refractivity contribution in [3.8, 4) is 0 Å². The van der Waals surface area contributed by atoms with Crippen molar-refractivity contribution >= 4 is 46.7 Å². The Morgan fingerprint density at radius 2 is 1.67 bits per heavy atom. The molecule has 1 saturated heterocycles. The molecule has 13 heteroatoms. The number of hydrogen-bond donors (Lipinski definition) is 4. The van der Waals surface area contributed by atoms with Crippen LogP contribution in [0.4, 0.5) is 11.5 Å². The Morgan fingerprint density at radius 3 is 2.44 bits per heavy atom. The van der Waals surface area contributed by atoms with Crippen LogP contribution in [0.15, 0.2) is 36.5 Å². The van der Waals surface area contributed by atoms with Crippen molar-refractivity contribution in [3.05, 3.63) is 53.3 Å².